The molecule has 0 fully saturated rings. The van der Waals surface area contributed by atoms with Crippen molar-refractivity contribution >= 4 is 41.7 Å². The van der Waals surface area contributed by atoms with Gasteiger partial charge in [-0.15, -0.1) is 24.0 Å². The second kappa shape index (κ2) is 3.91. The summed E-state index contributed by atoms with van der Waals surface area (Å²) in [5.41, 5.74) is 14.9. The third kappa shape index (κ3) is 1.95. The predicted molar refractivity (Wildman–Crippen MR) is 57.1 cm³/mol. The van der Waals surface area contributed by atoms with E-state index in [0.29, 0.717) is 11.3 Å². The van der Waals surface area contributed by atoms with E-state index in [-0.39, 0.29) is 20.2 Å². The minimum absolute atomic E-state index is 0.00574. The molecular weight excluding hydrogens is 238 g/mol. The Hall–Kier alpha value is -1.54. The largest absolute Gasteiger partial charge is 0.366 e. The van der Waals surface area contributed by atoms with Crippen molar-refractivity contribution in [3.05, 3.63) is 15.3 Å². The number of hydrogen-bond acceptors (Lipinski definition) is 5. The van der Waals surface area contributed by atoms with Gasteiger partial charge < -0.3 is 17.2 Å². The normalized spacial score (nSPS) is 9.93. The molecule has 0 atom stereocenters. The number of nitrogens with two attached hydrogens (primary N) is 3. The molecule has 3 amide bonds. The minimum atomic E-state index is -0.877. The van der Waals surface area contributed by atoms with Crippen LogP contribution in [0.1, 0.15) is 29.7 Å². The van der Waals surface area contributed by atoms with Crippen molar-refractivity contribution in [3.63, 3.8) is 0 Å². The molecule has 0 saturated heterocycles. The topological polar surface area (TPSA) is 129 Å². The first-order valence-electron chi connectivity index (χ1n) is 3.61. The summed E-state index contributed by atoms with van der Waals surface area (Å²) in [6.45, 7) is 0. The van der Waals surface area contributed by atoms with Gasteiger partial charge in [-0.3, -0.25) is 14.4 Å². The number of thiol groups is 1. The van der Waals surface area contributed by atoms with Gasteiger partial charge in [-0.05, 0) is 0 Å². The monoisotopic (exact) mass is 245 g/mol. The van der Waals surface area contributed by atoms with E-state index >= 15 is 0 Å². The number of rotatable bonds is 3. The highest BCUT2D eigenvalue weighted by Gasteiger charge is 2.25. The smallest absolute Gasteiger partial charge is 0.259 e. The third-order valence-electron chi connectivity index (χ3n) is 1.58. The Labute approximate surface area is 93.8 Å². The minimum Gasteiger partial charge on any atom is -0.366 e. The zero-order valence-corrected chi connectivity index (χ0v) is 9.02. The zero-order chi connectivity index (χ0) is 11.7. The van der Waals surface area contributed by atoms with Crippen LogP contribution in [0.25, 0.3) is 0 Å². The SMILES string of the molecule is NC(=O)c1sc(C(N)=O)c(C(N)=O)c1S. The number of amides is 3. The van der Waals surface area contributed by atoms with Crippen LogP contribution in [0.4, 0.5) is 0 Å². The first kappa shape index (κ1) is 11.5. The van der Waals surface area contributed by atoms with Crippen molar-refractivity contribution in [2.75, 3.05) is 0 Å². The average Bonchev–Trinajstić information content (AvgIpc) is 2.42. The molecule has 6 nitrogen and oxygen atoms in total. The molecule has 0 unspecified atom stereocenters. The predicted octanol–water partition coefficient (Wildman–Crippen LogP) is -0.666. The number of carbonyl (C=O) groups excluding carboxylic acids is 3. The Kier molecular flexibility index (Phi) is 3.01. The third-order valence-corrected chi connectivity index (χ3v) is 3.39. The van der Waals surface area contributed by atoms with Crippen LogP contribution in [0.2, 0.25) is 0 Å². The van der Waals surface area contributed by atoms with Crippen LogP contribution in [0.15, 0.2) is 4.90 Å². The Balaban J connectivity index is 3.53. The summed E-state index contributed by atoms with van der Waals surface area (Å²) >= 11 is 4.61. The molecule has 0 aliphatic rings. The molecule has 0 radical (unpaired) electrons. The zero-order valence-electron chi connectivity index (χ0n) is 7.31. The van der Waals surface area contributed by atoms with Crippen molar-refractivity contribution in [2.45, 2.75) is 4.90 Å². The fourth-order valence-electron chi connectivity index (χ4n) is 0.992. The highest BCUT2D eigenvalue weighted by atomic mass is 32.1. The molecule has 0 spiro atoms. The molecule has 0 bridgehead atoms. The van der Waals surface area contributed by atoms with E-state index < -0.39 is 17.7 Å². The van der Waals surface area contributed by atoms with E-state index in [2.05, 4.69) is 12.6 Å². The first-order chi connectivity index (χ1) is 6.86. The molecule has 6 N–H and O–H groups in total. The van der Waals surface area contributed by atoms with E-state index in [1.54, 1.807) is 0 Å². The molecule has 80 valence electrons. The standard InChI is InChI=1S/C7H7N3O3S2/c8-5(11)1-2(14)4(7(10)13)15-3(1)6(9)12/h14H,(H2,8,11)(H2,9,12)(H2,10,13). The van der Waals surface area contributed by atoms with E-state index in [1.807, 2.05) is 0 Å². The van der Waals surface area contributed by atoms with Crippen molar-refractivity contribution in [2.24, 2.45) is 17.2 Å². The summed E-state index contributed by atoms with van der Waals surface area (Å²) < 4.78 is 0. The van der Waals surface area contributed by atoms with Gasteiger partial charge in [0.2, 0.25) is 0 Å². The van der Waals surface area contributed by atoms with Gasteiger partial charge in [0.15, 0.2) is 0 Å². The molecule has 0 aromatic carbocycles. The Morgan fingerprint density at radius 3 is 1.67 bits per heavy atom. The molecule has 0 aliphatic carbocycles. The molecule has 0 saturated carbocycles. The lowest BCUT2D eigenvalue weighted by Gasteiger charge is -1.95. The summed E-state index contributed by atoms with van der Waals surface area (Å²) in [4.78, 5) is 32.7. The lowest BCUT2D eigenvalue weighted by Crippen LogP contribution is -2.18. The molecule has 1 aromatic rings. The van der Waals surface area contributed by atoms with Gasteiger partial charge >= 0.3 is 0 Å². The molecule has 8 heteroatoms. The summed E-state index contributed by atoms with van der Waals surface area (Å²) in [6.07, 6.45) is 0. The summed E-state index contributed by atoms with van der Waals surface area (Å²) in [5, 5.41) is 0. The maximum Gasteiger partial charge on any atom is 0.259 e. The van der Waals surface area contributed by atoms with Gasteiger partial charge in [0, 0.05) is 4.90 Å². The second-order valence-electron chi connectivity index (χ2n) is 2.58. The van der Waals surface area contributed by atoms with Gasteiger partial charge in [0.05, 0.1) is 5.56 Å². The van der Waals surface area contributed by atoms with Crippen molar-refractivity contribution < 1.29 is 14.4 Å². The molecule has 15 heavy (non-hydrogen) atoms. The van der Waals surface area contributed by atoms with E-state index in [4.69, 9.17) is 17.2 Å². The average molecular weight is 245 g/mol. The number of thiophene rings is 1. The molecule has 1 rings (SSSR count). The fraction of sp³-hybridized carbons (Fsp3) is 0. The maximum atomic E-state index is 11.0. The van der Waals surface area contributed by atoms with Crippen LogP contribution >= 0.6 is 24.0 Å². The van der Waals surface area contributed by atoms with Crippen molar-refractivity contribution in [3.8, 4) is 0 Å². The lowest BCUT2D eigenvalue weighted by atomic mass is 10.2. The van der Waals surface area contributed by atoms with Gasteiger partial charge in [-0.2, -0.15) is 0 Å². The van der Waals surface area contributed by atoms with Crippen LogP contribution in [0.3, 0.4) is 0 Å². The van der Waals surface area contributed by atoms with Gasteiger partial charge in [-0.1, -0.05) is 0 Å². The summed E-state index contributed by atoms with van der Waals surface area (Å²) in [6, 6.07) is 0. The maximum absolute atomic E-state index is 11.0. The van der Waals surface area contributed by atoms with E-state index in [1.165, 1.54) is 0 Å². The fourth-order valence-corrected chi connectivity index (χ4v) is 2.45. The van der Waals surface area contributed by atoms with Crippen LogP contribution in [-0.2, 0) is 0 Å². The van der Waals surface area contributed by atoms with E-state index in [9.17, 15) is 14.4 Å². The van der Waals surface area contributed by atoms with Crippen LogP contribution in [0, 0.1) is 0 Å². The number of hydrogen-bond donors (Lipinski definition) is 4. The van der Waals surface area contributed by atoms with Gasteiger partial charge in [0.25, 0.3) is 17.7 Å². The lowest BCUT2D eigenvalue weighted by molar-refractivity contribution is 0.0968. The first-order valence-corrected chi connectivity index (χ1v) is 4.87. The molecular formula is C7H7N3O3S2. The quantitative estimate of drug-likeness (QED) is 0.527. The molecule has 0 aliphatic heterocycles. The molecule has 1 aromatic heterocycles. The van der Waals surface area contributed by atoms with Crippen LogP contribution in [-0.4, -0.2) is 17.7 Å². The number of primary amides is 3. The van der Waals surface area contributed by atoms with E-state index in [0.717, 1.165) is 0 Å². The van der Waals surface area contributed by atoms with Crippen molar-refractivity contribution in [1.29, 1.82) is 0 Å². The Morgan fingerprint density at radius 2 is 1.40 bits per heavy atom. The van der Waals surface area contributed by atoms with Crippen molar-refractivity contribution in [1.82, 2.24) is 0 Å². The Morgan fingerprint density at radius 1 is 0.933 bits per heavy atom. The second-order valence-corrected chi connectivity index (χ2v) is 4.04. The van der Waals surface area contributed by atoms with Gasteiger partial charge in [-0.25, -0.2) is 0 Å². The van der Waals surface area contributed by atoms with Crippen LogP contribution < -0.4 is 17.2 Å². The highest BCUT2D eigenvalue weighted by Crippen LogP contribution is 2.30. The summed E-state index contributed by atoms with van der Waals surface area (Å²) in [7, 11) is 0. The highest BCUT2D eigenvalue weighted by molar-refractivity contribution is 7.80. The number of carbonyl (C=O) groups is 3. The summed E-state index contributed by atoms with van der Waals surface area (Å²) in [5.74, 6) is -2.52. The van der Waals surface area contributed by atoms with Gasteiger partial charge in [0.1, 0.15) is 9.75 Å². The molecule has 1 heterocycles. The Bertz CT molecular complexity index is 466. The van der Waals surface area contributed by atoms with Crippen LogP contribution in [0.5, 0.6) is 0 Å².